The summed E-state index contributed by atoms with van der Waals surface area (Å²) < 4.78 is 2.28. The van der Waals surface area contributed by atoms with Gasteiger partial charge in [0, 0.05) is 47.6 Å². The minimum atomic E-state index is 0.889. The number of aromatic nitrogens is 1. The zero-order valence-electron chi connectivity index (χ0n) is 22.4. The van der Waals surface area contributed by atoms with E-state index in [2.05, 4.69) is 114 Å². The number of fused-ring (bicyclic) bond motifs is 3. The summed E-state index contributed by atoms with van der Waals surface area (Å²) in [5, 5.41) is 9.40. The first-order valence-electron chi connectivity index (χ1n) is 13.5. The van der Waals surface area contributed by atoms with Gasteiger partial charge in [-0.25, -0.2) is 5.01 Å². The third kappa shape index (κ3) is 5.01. The van der Waals surface area contributed by atoms with Gasteiger partial charge in [0.1, 0.15) is 0 Å². The molecule has 0 spiro atoms. The van der Waals surface area contributed by atoms with Crippen LogP contribution in [0.5, 0.6) is 0 Å². The number of anilines is 3. The van der Waals surface area contributed by atoms with Gasteiger partial charge in [-0.3, -0.25) is 0 Å². The molecule has 0 unspecified atom stereocenters. The molecule has 0 fully saturated rings. The molecule has 0 aliphatic heterocycles. The molecule has 6 rings (SSSR count). The fraction of sp³-hybridized carbons (Fsp3) is 0.114. The number of para-hydroxylation sites is 2. The fourth-order valence-corrected chi connectivity index (χ4v) is 5.24. The van der Waals surface area contributed by atoms with E-state index in [9.17, 15) is 0 Å². The molecule has 0 radical (unpaired) electrons. The van der Waals surface area contributed by atoms with Gasteiger partial charge in [-0.1, -0.05) is 72.8 Å². The minimum Gasteiger partial charge on any atom is -0.367 e. The third-order valence-electron chi connectivity index (χ3n) is 7.30. The van der Waals surface area contributed by atoms with E-state index in [4.69, 9.17) is 5.10 Å². The van der Waals surface area contributed by atoms with Crippen LogP contribution < -0.4 is 9.91 Å². The summed E-state index contributed by atoms with van der Waals surface area (Å²) >= 11 is 0. The number of hydrogen-bond donors (Lipinski definition) is 0. The van der Waals surface area contributed by atoms with Crippen LogP contribution in [0.15, 0.2) is 132 Å². The Labute approximate surface area is 230 Å². The molecule has 0 amide bonds. The first kappa shape index (κ1) is 24.5. The molecular weight excluding hydrogens is 476 g/mol. The first-order chi connectivity index (χ1) is 19.2. The maximum atomic E-state index is 4.93. The zero-order valence-corrected chi connectivity index (χ0v) is 22.4. The van der Waals surface area contributed by atoms with E-state index in [0.717, 1.165) is 30.0 Å². The molecule has 0 aliphatic carbocycles. The Bertz CT molecular complexity index is 1680. The van der Waals surface area contributed by atoms with Crippen molar-refractivity contribution < 1.29 is 0 Å². The number of aryl methyl sites for hydroxylation is 1. The van der Waals surface area contributed by atoms with Crippen molar-refractivity contribution in [2.45, 2.75) is 13.5 Å². The van der Waals surface area contributed by atoms with Crippen molar-refractivity contribution in [2.24, 2.45) is 12.1 Å². The van der Waals surface area contributed by atoms with Crippen molar-refractivity contribution in [2.75, 3.05) is 16.5 Å². The SMILES string of the molecule is CCN(Cc1ccccc1)c1ccc2c(c1)c1cc(C=NN(c3ccccc3)c3ccccc3)ccc1n2C. The molecule has 39 heavy (non-hydrogen) atoms. The number of nitrogens with zero attached hydrogens (tertiary/aromatic N) is 4. The summed E-state index contributed by atoms with van der Waals surface area (Å²) in [6, 6.07) is 44.6. The number of rotatable bonds is 8. The van der Waals surface area contributed by atoms with E-state index >= 15 is 0 Å². The Balaban J connectivity index is 1.38. The van der Waals surface area contributed by atoms with Crippen molar-refractivity contribution >= 4 is 45.1 Å². The Morgan fingerprint density at radius 2 is 1.21 bits per heavy atom. The second kappa shape index (κ2) is 10.9. The average molecular weight is 509 g/mol. The lowest BCUT2D eigenvalue weighted by atomic mass is 10.1. The standard InChI is InChI=1S/C35H32N4/c1-3-38(26-27-13-7-4-8-14-27)31-20-22-35-33(24-31)32-23-28(19-21-34(32)37(35)2)25-36-39(29-15-9-5-10-16-29)30-17-11-6-12-18-30/h4-25H,3,26H2,1-2H3. The van der Waals surface area contributed by atoms with E-state index < -0.39 is 0 Å². The third-order valence-corrected chi connectivity index (χ3v) is 7.30. The molecule has 0 atom stereocenters. The molecule has 4 nitrogen and oxygen atoms in total. The lowest BCUT2D eigenvalue weighted by Gasteiger charge is -2.23. The number of hydrazone groups is 1. The number of benzene rings is 5. The lowest BCUT2D eigenvalue weighted by Crippen LogP contribution is -2.21. The lowest BCUT2D eigenvalue weighted by molar-refractivity contribution is 0.832. The summed E-state index contributed by atoms with van der Waals surface area (Å²) in [6.45, 7) is 4.05. The Hall–Kier alpha value is -4.83. The topological polar surface area (TPSA) is 23.8 Å². The maximum Gasteiger partial charge on any atom is 0.0652 e. The summed E-state index contributed by atoms with van der Waals surface area (Å²) in [4.78, 5) is 2.43. The molecule has 4 heteroatoms. The highest BCUT2D eigenvalue weighted by molar-refractivity contribution is 6.10. The van der Waals surface area contributed by atoms with Crippen LogP contribution in [0, 0.1) is 0 Å². The van der Waals surface area contributed by atoms with Crippen molar-refractivity contribution in [3.63, 3.8) is 0 Å². The van der Waals surface area contributed by atoms with Gasteiger partial charge >= 0.3 is 0 Å². The first-order valence-corrected chi connectivity index (χ1v) is 13.5. The van der Waals surface area contributed by atoms with Gasteiger partial charge in [0.25, 0.3) is 0 Å². The fourth-order valence-electron chi connectivity index (χ4n) is 5.24. The second-order valence-corrected chi connectivity index (χ2v) is 9.76. The van der Waals surface area contributed by atoms with Crippen LogP contribution >= 0.6 is 0 Å². The summed E-state index contributed by atoms with van der Waals surface area (Å²) in [7, 11) is 2.15. The molecule has 0 bridgehead atoms. The van der Waals surface area contributed by atoms with E-state index in [1.807, 2.05) is 47.6 Å². The van der Waals surface area contributed by atoms with Crippen LogP contribution in [0.2, 0.25) is 0 Å². The highest BCUT2D eigenvalue weighted by Gasteiger charge is 2.13. The quantitative estimate of drug-likeness (QED) is 0.152. The van der Waals surface area contributed by atoms with Gasteiger partial charge in [-0.2, -0.15) is 5.10 Å². The van der Waals surface area contributed by atoms with E-state index in [-0.39, 0.29) is 0 Å². The average Bonchev–Trinajstić information content (AvgIpc) is 3.28. The van der Waals surface area contributed by atoms with Gasteiger partial charge in [-0.05, 0) is 72.6 Å². The van der Waals surface area contributed by atoms with Gasteiger partial charge in [0.15, 0.2) is 0 Å². The van der Waals surface area contributed by atoms with E-state index in [1.54, 1.807) is 0 Å². The highest BCUT2D eigenvalue weighted by atomic mass is 15.5. The molecule has 1 heterocycles. The summed E-state index contributed by atoms with van der Waals surface area (Å²) in [6.07, 6.45) is 1.95. The van der Waals surface area contributed by atoms with E-state index in [0.29, 0.717) is 0 Å². The Morgan fingerprint density at radius 1 is 0.641 bits per heavy atom. The maximum absolute atomic E-state index is 4.93. The van der Waals surface area contributed by atoms with Crippen LogP contribution in [-0.4, -0.2) is 17.3 Å². The predicted molar refractivity (Wildman–Crippen MR) is 166 cm³/mol. The van der Waals surface area contributed by atoms with Gasteiger partial charge in [0.05, 0.1) is 17.6 Å². The molecule has 0 saturated heterocycles. The molecule has 192 valence electrons. The monoisotopic (exact) mass is 508 g/mol. The molecule has 0 saturated carbocycles. The Morgan fingerprint density at radius 3 is 1.82 bits per heavy atom. The molecule has 0 N–H and O–H groups in total. The smallest absolute Gasteiger partial charge is 0.0652 e. The number of hydrogen-bond acceptors (Lipinski definition) is 3. The molecule has 0 aliphatic rings. The van der Waals surface area contributed by atoms with E-state index in [1.165, 1.54) is 33.1 Å². The van der Waals surface area contributed by atoms with Crippen LogP contribution in [0.25, 0.3) is 21.8 Å². The summed E-state index contributed by atoms with van der Waals surface area (Å²) in [5.74, 6) is 0. The largest absolute Gasteiger partial charge is 0.367 e. The van der Waals surface area contributed by atoms with Crippen LogP contribution in [0.4, 0.5) is 17.1 Å². The van der Waals surface area contributed by atoms with Crippen molar-refractivity contribution in [1.29, 1.82) is 0 Å². The normalized spacial score (nSPS) is 11.4. The summed E-state index contributed by atoms with van der Waals surface area (Å²) in [5.41, 5.74) is 8.11. The van der Waals surface area contributed by atoms with Crippen molar-refractivity contribution in [3.8, 4) is 0 Å². The van der Waals surface area contributed by atoms with Gasteiger partial charge in [0.2, 0.25) is 0 Å². The molecule has 1 aromatic heterocycles. The predicted octanol–water partition coefficient (Wildman–Crippen LogP) is 8.53. The molecule has 5 aromatic carbocycles. The zero-order chi connectivity index (χ0) is 26.6. The Kier molecular flexibility index (Phi) is 6.84. The van der Waals surface area contributed by atoms with Crippen molar-refractivity contribution in [3.05, 3.63) is 139 Å². The van der Waals surface area contributed by atoms with Crippen molar-refractivity contribution in [1.82, 2.24) is 4.57 Å². The second-order valence-electron chi connectivity index (χ2n) is 9.76. The minimum absolute atomic E-state index is 0.889. The molecular formula is C35H32N4. The van der Waals surface area contributed by atoms with Crippen LogP contribution in [0.3, 0.4) is 0 Å². The molecule has 6 aromatic rings. The highest BCUT2D eigenvalue weighted by Crippen LogP contribution is 2.33. The van der Waals surface area contributed by atoms with Gasteiger partial charge in [-0.15, -0.1) is 0 Å². The van der Waals surface area contributed by atoms with Crippen LogP contribution in [0.1, 0.15) is 18.1 Å². The van der Waals surface area contributed by atoms with Gasteiger partial charge < -0.3 is 9.47 Å². The van der Waals surface area contributed by atoms with Crippen LogP contribution in [-0.2, 0) is 13.6 Å².